The van der Waals surface area contributed by atoms with Crippen LogP contribution in [-0.2, 0) is 9.53 Å². The van der Waals surface area contributed by atoms with E-state index in [-0.39, 0.29) is 5.56 Å². The van der Waals surface area contributed by atoms with E-state index in [1.54, 1.807) is 72.8 Å². The Morgan fingerprint density at radius 2 is 1.73 bits per heavy atom. The maximum absolute atomic E-state index is 13.6. The molecule has 0 saturated heterocycles. The highest BCUT2D eigenvalue weighted by molar-refractivity contribution is 6.32. The Kier molecular flexibility index (Phi) is 6.87. The number of hydrogen-bond acceptors (Lipinski definition) is 6. The van der Waals surface area contributed by atoms with Crippen molar-refractivity contribution in [1.29, 1.82) is 0 Å². The average molecular weight is 513 g/mol. The van der Waals surface area contributed by atoms with Crippen LogP contribution in [0.15, 0.2) is 102 Å². The molecule has 0 aliphatic rings. The number of pyridine rings is 1. The number of esters is 1. The SMILES string of the molecule is COc1ccc(NC(=O)[C@@H](OC(=O)c2cc(-c3ccco3)nc3ccccc23)c2ccccc2)cc1Cl. The van der Waals surface area contributed by atoms with Gasteiger partial charge in [-0.15, -0.1) is 0 Å². The Bertz CT molecular complexity index is 1570. The number of furan rings is 1. The number of nitrogens with zero attached hydrogens (tertiary/aromatic N) is 1. The van der Waals surface area contributed by atoms with Gasteiger partial charge in [-0.2, -0.15) is 0 Å². The van der Waals surface area contributed by atoms with Gasteiger partial charge in [0, 0.05) is 16.6 Å². The van der Waals surface area contributed by atoms with Crippen LogP contribution >= 0.6 is 11.6 Å². The molecule has 5 rings (SSSR count). The van der Waals surface area contributed by atoms with Crippen molar-refractivity contribution in [3.8, 4) is 17.2 Å². The molecule has 0 radical (unpaired) electrons. The van der Waals surface area contributed by atoms with Gasteiger partial charge in [0.05, 0.1) is 29.5 Å². The van der Waals surface area contributed by atoms with E-state index in [1.165, 1.54) is 13.4 Å². The Hall–Kier alpha value is -4.62. The second-order valence-electron chi connectivity index (χ2n) is 8.08. The van der Waals surface area contributed by atoms with Gasteiger partial charge in [-0.3, -0.25) is 4.79 Å². The molecule has 3 aromatic carbocycles. The van der Waals surface area contributed by atoms with Gasteiger partial charge in [0.2, 0.25) is 6.10 Å². The van der Waals surface area contributed by atoms with Crippen molar-refractivity contribution in [2.75, 3.05) is 12.4 Å². The fourth-order valence-electron chi connectivity index (χ4n) is 3.92. The summed E-state index contributed by atoms with van der Waals surface area (Å²) in [5.41, 5.74) is 2.28. The first-order valence-electron chi connectivity index (χ1n) is 11.4. The standard InChI is InChI=1S/C29H21ClN2O5/c1-35-25-14-13-19(16-22(25)30)31-28(33)27(18-8-3-2-4-9-18)37-29(34)21-17-24(26-12-7-15-36-26)32-23-11-6-5-10-20(21)23/h2-17,27H,1H3,(H,31,33)/t27-/m0/s1. The first-order chi connectivity index (χ1) is 18.0. The first-order valence-corrected chi connectivity index (χ1v) is 11.8. The van der Waals surface area contributed by atoms with Gasteiger partial charge in [0.25, 0.3) is 5.91 Å². The highest BCUT2D eigenvalue weighted by Crippen LogP contribution is 2.30. The monoisotopic (exact) mass is 512 g/mol. The number of ether oxygens (including phenoxy) is 2. The van der Waals surface area contributed by atoms with Crippen LogP contribution in [0, 0.1) is 0 Å². The molecule has 8 heteroatoms. The molecule has 0 unspecified atom stereocenters. The molecule has 0 aliphatic carbocycles. The van der Waals surface area contributed by atoms with Crippen molar-refractivity contribution >= 4 is 40.1 Å². The molecule has 0 fully saturated rings. The molecule has 1 amide bonds. The van der Waals surface area contributed by atoms with Crippen molar-refractivity contribution in [1.82, 2.24) is 4.98 Å². The van der Waals surface area contributed by atoms with Crippen LogP contribution < -0.4 is 10.1 Å². The van der Waals surface area contributed by atoms with E-state index < -0.39 is 18.0 Å². The van der Waals surface area contributed by atoms with E-state index >= 15 is 0 Å². The van der Waals surface area contributed by atoms with Crippen LogP contribution in [0.3, 0.4) is 0 Å². The number of fused-ring (bicyclic) bond motifs is 1. The molecule has 37 heavy (non-hydrogen) atoms. The van der Waals surface area contributed by atoms with E-state index in [2.05, 4.69) is 10.3 Å². The zero-order chi connectivity index (χ0) is 25.8. The molecule has 1 atom stereocenters. The number of hydrogen-bond donors (Lipinski definition) is 1. The molecule has 0 bridgehead atoms. The van der Waals surface area contributed by atoms with Crippen molar-refractivity contribution in [3.05, 3.63) is 113 Å². The molecule has 2 aromatic heterocycles. The number of rotatable bonds is 7. The van der Waals surface area contributed by atoms with E-state index in [4.69, 9.17) is 25.5 Å². The topological polar surface area (TPSA) is 90.7 Å². The Morgan fingerprint density at radius 3 is 2.46 bits per heavy atom. The number of para-hydroxylation sites is 1. The van der Waals surface area contributed by atoms with Gasteiger partial charge in [-0.05, 0) is 42.5 Å². The molecule has 0 saturated carbocycles. The van der Waals surface area contributed by atoms with Crippen LogP contribution in [0.1, 0.15) is 22.0 Å². The van der Waals surface area contributed by atoms with Crippen molar-refractivity contribution in [2.45, 2.75) is 6.10 Å². The molecule has 7 nitrogen and oxygen atoms in total. The third-order valence-corrected chi connectivity index (χ3v) is 5.99. The molecule has 5 aromatic rings. The fourth-order valence-corrected chi connectivity index (χ4v) is 4.18. The predicted molar refractivity (Wildman–Crippen MR) is 141 cm³/mol. The minimum Gasteiger partial charge on any atom is -0.495 e. The quantitative estimate of drug-likeness (QED) is 0.244. The van der Waals surface area contributed by atoms with Crippen LogP contribution in [0.2, 0.25) is 5.02 Å². The summed E-state index contributed by atoms with van der Waals surface area (Å²) < 4.78 is 16.5. The Balaban J connectivity index is 1.49. The lowest BCUT2D eigenvalue weighted by atomic mass is 10.1. The third-order valence-electron chi connectivity index (χ3n) is 5.69. The lowest BCUT2D eigenvalue weighted by Gasteiger charge is -2.19. The Morgan fingerprint density at radius 1 is 0.946 bits per heavy atom. The van der Waals surface area contributed by atoms with Gasteiger partial charge in [-0.25, -0.2) is 9.78 Å². The number of amides is 1. The van der Waals surface area contributed by atoms with Crippen LogP contribution in [0.5, 0.6) is 5.75 Å². The number of nitrogens with one attached hydrogen (secondary N) is 1. The second kappa shape index (κ2) is 10.6. The summed E-state index contributed by atoms with van der Waals surface area (Å²) in [6, 6.07) is 26.0. The number of carbonyl (C=O) groups is 2. The summed E-state index contributed by atoms with van der Waals surface area (Å²) in [7, 11) is 1.50. The van der Waals surface area contributed by atoms with E-state index in [0.29, 0.717) is 44.4 Å². The minimum atomic E-state index is -1.23. The predicted octanol–water partition coefficient (Wildman–Crippen LogP) is 6.69. The number of halogens is 1. The summed E-state index contributed by atoms with van der Waals surface area (Å²) in [4.78, 5) is 31.5. The largest absolute Gasteiger partial charge is 0.495 e. The van der Waals surface area contributed by atoms with E-state index in [1.807, 2.05) is 18.2 Å². The fraction of sp³-hybridized carbons (Fsp3) is 0.0690. The van der Waals surface area contributed by atoms with E-state index in [0.717, 1.165) is 0 Å². The number of benzene rings is 3. The Labute approximate surface area is 217 Å². The van der Waals surface area contributed by atoms with Gasteiger partial charge < -0.3 is 19.2 Å². The molecule has 184 valence electrons. The van der Waals surface area contributed by atoms with Crippen molar-refractivity contribution in [3.63, 3.8) is 0 Å². The third kappa shape index (κ3) is 5.17. The van der Waals surface area contributed by atoms with Crippen LogP contribution in [0.4, 0.5) is 5.69 Å². The van der Waals surface area contributed by atoms with Crippen LogP contribution in [0.25, 0.3) is 22.4 Å². The molecule has 2 heterocycles. The number of carbonyl (C=O) groups excluding carboxylic acids is 2. The normalized spacial score (nSPS) is 11.6. The summed E-state index contributed by atoms with van der Waals surface area (Å²) >= 11 is 6.21. The number of anilines is 1. The number of aromatic nitrogens is 1. The zero-order valence-corrected chi connectivity index (χ0v) is 20.4. The van der Waals surface area contributed by atoms with Gasteiger partial charge in [0.1, 0.15) is 11.4 Å². The second-order valence-corrected chi connectivity index (χ2v) is 8.49. The van der Waals surface area contributed by atoms with Gasteiger partial charge in [-0.1, -0.05) is 60.1 Å². The summed E-state index contributed by atoms with van der Waals surface area (Å²) in [6.07, 6.45) is 0.305. The number of methoxy groups -OCH3 is 1. The summed E-state index contributed by atoms with van der Waals surface area (Å²) in [6.45, 7) is 0. The minimum absolute atomic E-state index is 0.262. The highest BCUT2D eigenvalue weighted by atomic mass is 35.5. The molecular weight excluding hydrogens is 492 g/mol. The smallest absolute Gasteiger partial charge is 0.340 e. The molecule has 0 aliphatic heterocycles. The molecule has 1 N–H and O–H groups in total. The average Bonchev–Trinajstić information content (AvgIpc) is 3.47. The summed E-state index contributed by atoms with van der Waals surface area (Å²) in [5, 5.41) is 3.71. The maximum Gasteiger partial charge on any atom is 0.340 e. The summed E-state index contributed by atoms with van der Waals surface area (Å²) in [5.74, 6) is -0.232. The first kappa shape index (κ1) is 24.1. The van der Waals surface area contributed by atoms with E-state index in [9.17, 15) is 9.59 Å². The molecular formula is C29H21ClN2O5. The lowest BCUT2D eigenvalue weighted by Crippen LogP contribution is -2.26. The highest BCUT2D eigenvalue weighted by Gasteiger charge is 2.27. The maximum atomic E-state index is 13.6. The van der Waals surface area contributed by atoms with Gasteiger partial charge in [0.15, 0.2) is 5.76 Å². The van der Waals surface area contributed by atoms with Crippen molar-refractivity contribution in [2.24, 2.45) is 0 Å². The lowest BCUT2D eigenvalue weighted by molar-refractivity contribution is -0.125. The van der Waals surface area contributed by atoms with Crippen LogP contribution in [-0.4, -0.2) is 24.0 Å². The van der Waals surface area contributed by atoms with Gasteiger partial charge >= 0.3 is 5.97 Å². The molecule has 0 spiro atoms. The zero-order valence-electron chi connectivity index (χ0n) is 19.7. The van der Waals surface area contributed by atoms with Crippen molar-refractivity contribution < 1.29 is 23.5 Å².